The van der Waals surface area contributed by atoms with Crippen molar-refractivity contribution in [3.8, 4) is 11.3 Å². The second kappa shape index (κ2) is 8.48. The standard InChI is InChI=1S/C19H21F4N7O2S/c1-11-8-29(9-12(19(11,22)23)6-27-33(2,31)32)16-5-15(24-10-25-16)13-7-26-30-4-3-14(17(20)21)28-18(13)30/h3-5,7,10-12,17,27H,6,8-9H2,1-2H3/t11-,12+/m0/s1. The van der Waals surface area contributed by atoms with E-state index in [1.165, 1.54) is 36.2 Å². The zero-order chi connectivity index (χ0) is 24.0. The first kappa shape index (κ1) is 23.3. The van der Waals surface area contributed by atoms with Crippen molar-refractivity contribution in [3.63, 3.8) is 0 Å². The Labute approximate surface area is 186 Å². The lowest BCUT2D eigenvalue weighted by atomic mass is 9.86. The fraction of sp³-hybridized carbons (Fsp3) is 0.474. The number of rotatable bonds is 6. The van der Waals surface area contributed by atoms with Crippen LogP contribution in [0.3, 0.4) is 0 Å². The Morgan fingerprint density at radius 2 is 2.03 bits per heavy atom. The number of anilines is 1. The van der Waals surface area contributed by atoms with Crippen molar-refractivity contribution < 1.29 is 26.0 Å². The molecule has 0 radical (unpaired) electrons. The number of halogens is 4. The van der Waals surface area contributed by atoms with Crippen LogP contribution < -0.4 is 9.62 Å². The van der Waals surface area contributed by atoms with Crippen LogP contribution in [0, 0.1) is 11.8 Å². The van der Waals surface area contributed by atoms with Gasteiger partial charge in [0.25, 0.3) is 12.3 Å². The van der Waals surface area contributed by atoms with E-state index in [1.807, 2.05) is 0 Å². The van der Waals surface area contributed by atoms with Gasteiger partial charge in [0.15, 0.2) is 5.65 Å². The minimum absolute atomic E-state index is 0.0125. The molecule has 1 saturated heterocycles. The van der Waals surface area contributed by atoms with Crippen molar-refractivity contribution in [2.45, 2.75) is 19.3 Å². The molecule has 0 spiro atoms. The van der Waals surface area contributed by atoms with Gasteiger partial charge < -0.3 is 4.90 Å². The average Bonchev–Trinajstić information content (AvgIpc) is 3.17. The highest BCUT2D eigenvalue weighted by Gasteiger charge is 2.49. The Bertz CT molecular complexity index is 1270. The van der Waals surface area contributed by atoms with E-state index in [9.17, 15) is 26.0 Å². The van der Waals surface area contributed by atoms with E-state index in [1.54, 1.807) is 11.0 Å². The van der Waals surface area contributed by atoms with Crippen LogP contribution in [-0.4, -0.2) is 64.8 Å². The van der Waals surface area contributed by atoms with Crippen LogP contribution in [0.15, 0.2) is 30.9 Å². The van der Waals surface area contributed by atoms with Crippen molar-refractivity contribution in [1.82, 2.24) is 29.3 Å². The van der Waals surface area contributed by atoms with E-state index in [-0.39, 0.29) is 18.7 Å². The van der Waals surface area contributed by atoms with E-state index < -0.39 is 46.4 Å². The van der Waals surface area contributed by atoms with E-state index in [0.717, 1.165) is 6.26 Å². The van der Waals surface area contributed by atoms with Crippen molar-refractivity contribution in [3.05, 3.63) is 36.5 Å². The van der Waals surface area contributed by atoms with Crippen LogP contribution in [0.25, 0.3) is 16.9 Å². The maximum atomic E-state index is 14.7. The Morgan fingerprint density at radius 3 is 2.73 bits per heavy atom. The number of fused-ring (bicyclic) bond motifs is 1. The Kier molecular flexibility index (Phi) is 5.99. The number of aromatic nitrogens is 5. The number of sulfonamides is 1. The summed E-state index contributed by atoms with van der Waals surface area (Å²) in [5, 5.41) is 4.10. The molecule has 178 valence electrons. The maximum Gasteiger partial charge on any atom is 0.280 e. The number of piperidine rings is 1. The number of nitrogens with zero attached hydrogens (tertiary/aromatic N) is 6. The van der Waals surface area contributed by atoms with Gasteiger partial charge in [-0.1, -0.05) is 6.92 Å². The van der Waals surface area contributed by atoms with Crippen molar-refractivity contribution in [2.75, 3.05) is 30.8 Å². The lowest BCUT2D eigenvalue weighted by Crippen LogP contribution is -2.56. The smallest absolute Gasteiger partial charge is 0.280 e. The highest BCUT2D eigenvalue weighted by atomic mass is 32.2. The molecular weight excluding hydrogens is 466 g/mol. The minimum Gasteiger partial charge on any atom is -0.355 e. The van der Waals surface area contributed by atoms with Gasteiger partial charge in [0.2, 0.25) is 10.0 Å². The zero-order valence-corrected chi connectivity index (χ0v) is 18.5. The molecule has 3 aromatic heterocycles. The molecule has 3 aromatic rings. The highest BCUT2D eigenvalue weighted by molar-refractivity contribution is 7.88. The van der Waals surface area contributed by atoms with Gasteiger partial charge in [0.05, 0.1) is 29.6 Å². The van der Waals surface area contributed by atoms with Gasteiger partial charge >= 0.3 is 0 Å². The van der Waals surface area contributed by atoms with E-state index >= 15 is 0 Å². The Morgan fingerprint density at radius 1 is 1.27 bits per heavy atom. The molecule has 0 amide bonds. The molecule has 2 atom stereocenters. The van der Waals surface area contributed by atoms with Crippen LogP contribution in [0.5, 0.6) is 0 Å². The van der Waals surface area contributed by atoms with Crippen LogP contribution >= 0.6 is 0 Å². The van der Waals surface area contributed by atoms with Crippen LogP contribution in [0.1, 0.15) is 19.0 Å². The summed E-state index contributed by atoms with van der Waals surface area (Å²) in [5.74, 6) is -5.08. The van der Waals surface area contributed by atoms with Gasteiger partial charge in [0.1, 0.15) is 17.8 Å². The highest BCUT2D eigenvalue weighted by Crippen LogP contribution is 2.39. The van der Waals surface area contributed by atoms with E-state index in [4.69, 9.17) is 0 Å². The van der Waals surface area contributed by atoms with Gasteiger partial charge in [-0.2, -0.15) is 5.10 Å². The molecule has 9 nitrogen and oxygen atoms in total. The normalized spacial score (nSPS) is 21.1. The largest absolute Gasteiger partial charge is 0.355 e. The molecule has 33 heavy (non-hydrogen) atoms. The monoisotopic (exact) mass is 487 g/mol. The second-order valence-electron chi connectivity index (χ2n) is 8.04. The molecule has 0 bridgehead atoms. The molecule has 1 N–H and O–H groups in total. The molecule has 0 unspecified atom stereocenters. The van der Waals surface area contributed by atoms with E-state index in [0.29, 0.717) is 17.1 Å². The van der Waals surface area contributed by atoms with Crippen molar-refractivity contribution >= 4 is 21.5 Å². The molecule has 1 aliphatic rings. The average molecular weight is 487 g/mol. The lowest BCUT2D eigenvalue weighted by Gasteiger charge is -2.43. The topological polar surface area (TPSA) is 105 Å². The number of hydrogen-bond acceptors (Lipinski definition) is 7. The first-order chi connectivity index (χ1) is 15.5. The molecule has 4 rings (SSSR count). The first-order valence-electron chi connectivity index (χ1n) is 9.98. The molecular formula is C19H21F4N7O2S. The fourth-order valence-electron chi connectivity index (χ4n) is 3.81. The summed E-state index contributed by atoms with van der Waals surface area (Å²) in [6.45, 7) is 0.821. The maximum absolute atomic E-state index is 14.7. The quantitative estimate of drug-likeness (QED) is 0.532. The number of alkyl halides is 4. The predicted molar refractivity (Wildman–Crippen MR) is 112 cm³/mol. The predicted octanol–water partition coefficient (Wildman–Crippen LogP) is 2.38. The summed E-state index contributed by atoms with van der Waals surface area (Å²) in [6.07, 6.45) is 2.19. The number of nitrogens with one attached hydrogen (secondary N) is 1. The van der Waals surface area contributed by atoms with Gasteiger partial charge in [-0.3, -0.25) is 0 Å². The Balaban J connectivity index is 1.65. The third-order valence-electron chi connectivity index (χ3n) is 5.60. The summed E-state index contributed by atoms with van der Waals surface area (Å²) in [5.41, 5.74) is 0.481. The molecule has 1 aliphatic heterocycles. The summed E-state index contributed by atoms with van der Waals surface area (Å²) < 4.78 is 82.0. The molecule has 14 heteroatoms. The van der Waals surface area contributed by atoms with Crippen molar-refractivity contribution in [2.24, 2.45) is 11.8 Å². The fourth-order valence-corrected chi connectivity index (χ4v) is 4.31. The molecule has 0 aromatic carbocycles. The zero-order valence-electron chi connectivity index (χ0n) is 17.7. The third kappa shape index (κ3) is 4.76. The molecule has 4 heterocycles. The van der Waals surface area contributed by atoms with Gasteiger partial charge in [0, 0.05) is 37.8 Å². The van der Waals surface area contributed by atoms with Gasteiger partial charge in [-0.25, -0.2) is 50.2 Å². The van der Waals surface area contributed by atoms with E-state index in [2.05, 4.69) is 24.8 Å². The lowest BCUT2D eigenvalue weighted by molar-refractivity contribution is -0.108. The summed E-state index contributed by atoms with van der Waals surface area (Å²) in [7, 11) is -3.64. The molecule has 1 fully saturated rings. The third-order valence-corrected chi connectivity index (χ3v) is 6.29. The minimum atomic E-state index is -3.64. The Hall–Kier alpha value is -2.87. The first-order valence-corrected chi connectivity index (χ1v) is 11.9. The second-order valence-corrected chi connectivity index (χ2v) is 9.87. The van der Waals surface area contributed by atoms with Gasteiger partial charge in [-0.15, -0.1) is 0 Å². The molecule has 0 aliphatic carbocycles. The summed E-state index contributed by atoms with van der Waals surface area (Å²) in [4.78, 5) is 14.0. The number of hydrogen-bond donors (Lipinski definition) is 1. The summed E-state index contributed by atoms with van der Waals surface area (Å²) in [6, 6.07) is 2.71. The van der Waals surface area contributed by atoms with Crippen LogP contribution in [-0.2, 0) is 10.0 Å². The van der Waals surface area contributed by atoms with Gasteiger partial charge in [-0.05, 0) is 6.07 Å². The van der Waals surface area contributed by atoms with Crippen LogP contribution in [0.4, 0.5) is 23.4 Å². The summed E-state index contributed by atoms with van der Waals surface area (Å²) >= 11 is 0. The van der Waals surface area contributed by atoms with Crippen LogP contribution in [0.2, 0.25) is 0 Å². The SMILES string of the molecule is C[C@H]1CN(c2cc(-c3cnn4ccc(C(F)F)nc34)ncn2)C[C@@H](CNS(C)(=O)=O)C1(F)F. The van der Waals surface area contributed by atoms with Crippen molar-refractivity contribution in [1.29, 1.82) is 0 Å². The molecule has 0 saturated carbocycles.